The molecule has 0 saturated carbocycles. The fraction of sp³-hybridized carbons (Fsp3) is 0.619. The zero-order chi connectivity index (χ0) is 58.2. The number of benzene rings is 4. The molecular formula is C63H102O11Si4. The summed E-state index contributed by atoms with van der Waals surface area (Å²) < 4.78 is 66.7. The van der Waals surface area contributed by atoms with Crippen molar-refractivity contribution in [1.82, 2.24) is 0 Å². The Labute approximate surface area is 476 Å². The summed E-state index contributed by atoms with van der Waals surface area (Å²) in [5, 5.41) is 15.6. The quantitative estimate of drug-likeness (QED) is 0.0306. The third kappa shape index (κ3) is 17.4. The summed E-state index contributed by atoms with van der Waals surface area (Å²) in [7, 11) is -5.04. The largest absolute Gasteiger partial charge is 0.497 e. The molecule has 78 heavy (non-hydrogen) atoms. The minimum Gasteiger partial charge on any atom is -0.497 e. The highest BCUT2D eigenvalue weighted by molar-refractivity contribution is 6.99. The SMILES string of the molecule is COc1ccc(CO[C@@H]([C@H](CCO[Si](c2ccccc2)(c2ccccc2)C(C)(C)C)O[Si](C)(C)C(C)(C)C)[C@](C)(O)C[C@H](O[Si](C)(C)C(C)(C)C)[C@H]2O[C@@H]2C[C@](C)(CCOCc2ccc(OC)c(OC)c2)O[Si](C)(C)C)cc1. The van der Waals surface area contributed by atoms with Gasteiger partial charge in [0.2, 0.25) is 0 Å². The zero-order valence-electron chi connectivity index (χ0n) is 51.9. The van der Waals surface area contributed by atoms with E-state index in [1.165, 1.54) is 10.4 Å². The lowest BCUT2D eigenvalue weighted by molar-refractivity contribution is -0.163. The van der Waals surface area contributed by atoms with Crippen molar-refractivity contribution in [3.63, 3.8) is 0 Å². The van der Waals surface area contributed by atoms with Crippen molar-refractivity contribution in [3.05, 3.63) is 114 Å². The van der Waals surface area contributed by atoms with Gasteiger partial charge in [0.15, 0.2) is 36.5 Å². The van der Waals surface area contributed by atoms with Gasteiger partial charge in [0.05, 0.1) is 64.1 Å². The summed E-state index contributed by atoms with van der Waals surface area (Å²) in [6, 6.07) is 35.3. The molecule has 0 amide bonds. The van der Waals surface area contributed by atoms with E-state index in [0.717, 1.165) is 16.9 Å². The van der Waals surface area contributed by atoms with Crippen molar-refractivity contribution >= 4 is 43.6 Å². The van der Waals surface area contributed by atoms with Crippen molar-refractivity contribution in [2.45, 2.75) is 218 Å². The summed E-state index contributed by atoms with van der Waals surface area (Å²) in [6.07, 6.45) is -0.224. The molecule has 1 heterocycles. The van der Waals surface area contributed by atoms with Gasteiger partial charge in [0.1, 0.15) is 18.0 Å². The second-order valence-corrected chi connectivity index (χ2v) is 45.5. The molecule has 11 nitrogen and oxygen atoms in total. The maximum Gasteiger partial charge on any atom is 0.261 e. The van der Waals surface area contributed by atoms with Gasteiger partial charge in [-0.3, -0.25) is 0 Å². The number of epoxide rings is 1. The first-order valence-corrected chi connectivity index (χ1v) is 39.5. The Balaban J connectivity index is 1.53. The van der Waals surface area contributed by atoms with Gasteiger partial charge in [-0.1, -0.05) is 141 Å². The van der Waals surface area contributed by atoms with Crippen LogP contribution in [0.15, 0.2) is 103 Å². The third-order valence-electron chi connectivity index (χ3n) is 16.5. The molecule has 1 saturated heterocycles. The molecule has 1 N–H and O–H groups in total. The average molecular weight is 1150 g/mol. The first kappa shape index (κ1) is 65.6. The highest BCUT2D eigenvalue weighted by Crippen LogP contribution is 2.47. The van der Waals surface area contributed by atoms with Crippen LogP contribution in [-0.4, -0.2) is 115 Å². The van der Waals surface area contributed by atoms with Crippen LogP contribution < -0.4 is 24.6 Å². The molecule has 1 aliphatic rings. The van der Waals surface area contributed by atoms with Crippen LogP contribution in [0.2, 0.25) is 60.9 Å². The lowest BCUT2D eigenvalue weighted by Crippen LogP contribution is -2.66. The highest BCUT2D eigenvalue weighted by atomic mass is 28.4. The first-order valence-electron chi connectivity index (χ1n) is 28.3. The number of aliphatic hydroxyl groups is 1. The number of rotatable bonds is 30. The van der Waals surface area contributed by atoms with E-state index in [0.29, 0.717) is 50.6 Å². The van der Waals surface area contributed by atoms with E-state index in [4.69, 9.17) is 46.1 Å². The molecule has 0 aromatic heterocycles. The van der Waals surface area contributed by atoms with Crippen molar-refractivity contribution in [2.75, 3.05) is 34.5 Å². The summed E-state index contributed by atoms with van der Waals surface area (Å²) in [5.41, 5.74) is -0.0572. The Hall–Kier alpha value is -3.17. The molecule has 0 unspecified atom stereocenters. The molecule has 7 atom stereocenters. The predicted molar refractivity (Wildman–Crippen MR) is 329 cm³/mol. The smallest absolute Gasteiger partial charge is 0.261 e. The minimum atomic E-state index is -2.94. The number of ether oxygens (including phenoxy) is 6. The molecule has 5 rings (SSSR count). The van der Waals surface area contributed by atoms with Crippen molar-refractivity contribution in [3.8, 4) is 17.2 Å². The fourth-order valence-corrected chi connectivity index (χ4v) is 19.2. The number of hydrogen-bond acceptors (Lipinski definition) is 11. The van der Waals surface area contributed by atoms with Gasteiger partial charge >= 0.3 is 0 Å². The van der Waals surface area contributed by atoms with Crippen molar-refractivity contribution in [2.24, 2.45) is 0 Å². The Morgan fingerprint density at radius 3 is 1.63 bits per heavy atom. The fourth-order valence-electron chi connectivity index (χ4n) is 10.3. The molecule has 15 heteroatoms. The average Bonchev–Trinajstić information content (AvgIpc) is 4.11. The van der Waals surface area contributed by atoms with Crippen LogP contribution in [0, 0.1) is 0 Å². The van der Waals surface area contributed by atoms with Gasteiger partial charge in [-0.25, -0.2) is 0 Å². The van der Waals surface area contributed by atoms with Crippen LogP contribution in [0.1, 0.15) is 113 Å². The summed E-state index contributed by atoms with van der Waals surface area (Å²) >= 11 is 0. The van der Waals surface area contributed by atoms with Gasteiger partial charge in [-0.05, 0) is 133 Å². The standard InChI is InChI=1S/C63H102O11Si4/c1-59(2,3)76(18,19)72-53(38-40-70-78(61(7,8)9,50-28-24-22-25-29-50)51-30-26-23-27-31-51)58(69-46-47-32-35-49(65-12)36-33-47)63(11,64)44-56(73-77(20,21)60(4,5)6)57-55(71-57)43-62(10,74-75(15,16)17)39-41-68-45-48-34-37-52(66-13)54(42-48)67-14/h22-37,42,53,55-58,64H,38-41,43-46H2,1-21H3/t53-,55+,56-,57-,58-,62-,63+/m0/s1. The van der Waals surface area contributed by atoms with Gasteiger partial charge < -0.3 is 51.2 Å². The molecule has 0 bridgehead atoms. The normalized spacial score (nSPS) is 18.6. The molecule has 1 aliphatic heterocycles. The topological polar surface area (TPSA) is 116 Å². The predicted octanol–water partition coefficient (Wildman–Crippen LogP) is 13.9. The van der Waals surface area contributed by atoms with E-state index in [1.807, 2.05) is 49.4 Å². The second kappa shape index (κ2) is 26.4. The van der Waals surface area contributed by atoms with Crippen LogP contribution in [0.3, 0.4) is 0 Å². The van der Waals surface area contributed by atoms with E-state index in [1.54, 1.807) is 21.3 Å². The lowest BCUT2D eigenvalue weighted by atomic mass is 9.85. The molecule has 0 radical (unpaired) electrons. The van der Waals surface area contributed by atoms with Crippen LogP contribution >= 0.6 is 0 Å². The highest BCUT2D eigenvalue weighted by Gasteiger charge is 2.56. The summed E-state index contributed by atoms with van der Waals surface area (Å²) in [6.45, 7) is 42.0. The zero-order valence-corrected chi connectivity index (χ0v) is 55.9. The van der Waals surface area contributed by atoms with Gasteiger partial charge in [0, 0.05) is 26.1 Å². The van der Waals surface area contributed by atoms with Gasteiger partial charge in [0.25, 0.3) is 8.32 Å². The number of hydrogen-bond donors (Lipinski definition) is 1. The molecule has 0 aliphatic carbocycles. The molecule has 4 aromatic rings. The third-order valence-corrected chi connectivity index (χ3v) is 31.6. The van der Waals surface area contributed by atoms with Crippen LogP contribution in [0.25, 0.3) is 0 Å². The molecule has 436 valence electrons. The maximum absolute atomic E-state index is 13.7. The molecule has 4 aromatic carbocycles. The number of methoxy groups -OCH3 is 3. The van der Waals surface area contributed by atoms with E-state index in [-0.39, 0.29) is 40.4 Å². The van der Waals surface area contributed by atoms with Crippen molar-refractivity contribution in [1.29, 1.82) is 0 Å². The monoisotopic (exact) mass is 1150 g/mol. The van der Waals surface area contributed by atoms with E-state index in [9.17, 15) is 5.11 Å². The van der Waals surface area contributed by atoms with Crippen LogP contribution in [0.4, 0.5) is 0 Å². The van der Waals surface area contributed by atoms with E-state index in [2.05, 4.69) is 176 Å². The summed E-state index contributed by atoms with van der Waals surface area (Å²) in [5.74, 6) is 2.12. The van der Waals surface area contributed by atoms with Crippen molar-refractivity contribution < 1.29 is 51.2 Å². The Bertz CT molecular complexity index is 2400. The van der Waals surface area contributed by atoms with E-state index >= 15 is 0 Å². The second-order valence-electron chi connectivity index (χ2n) is 27.3. The molecular weight excluding hydrogens is 1050 g/mol. The Morgan fingerprint density at radius 2 is 1.13 bits per heavy atom. The minimum absolute atomic E-state index is 0.112. The maximum atomic E-state index is 13.7. The lowest BCUT2D eigenvalue weighted by Gasteiger charge is -2.47. The molecule has 1 fully saturated rings. The van der Waals surface area contributed by atoms with Gasteiger partial charge in [-0.15, -0.1) is 0 Å². The van der Waals surface area contributed by atoms with E-state index < -0.39 is 62.8 Å². The van der Waals surface area contributed by atoms with Crippen LogP contribution in [0.5, 0.6) is 17.2 Å². The molecule has 0 spiro atoms. The Morgan fingerprint density at radius 1 is 0.590 bits per heavy atom. The summed E-state index contributed by atoms with van der Waals surface area (Å²) in [4.78, 5) is 0. The Kier molecular flexibility index (Phi) is 22.2. The van der Waals surface area contributed by atoms with Gasteiger partial charge in [-0.2, -0.15) is 0 Å². The first-order chi connectivity index (χ1) is 36.1. The van der Waals surface area contributed by atoms with Crippen LogP contribution in [-0.2, 0) is 45.1 Å².